The third kappa shape index (κ3) is 3.21. The molecule has 2 atom stereocenters. The second-order valence-electron chi connectivity index (χ2n) is 4.93. The smallest absolute Gasteiger partial charge is 0.196 e. The predicted octanol–water partition coefficient (Wildman–Crippen LogP) is 3.05. The zero-order valence-corrected chi connectivity index (χ0v) is 13.2. The van der Waals surface area contributed by atoms with Crippen LogP contribution in [0, 0.1) is 28.8 Å². The van der Waals surface area contributed by atoms with Crippen LogP contribution in [0.5, 0.6) is 0 Å². The second kappa shape index (κ2) is 7.06. The van der Waals surface area contributed by atoms with Crippen molar-refractivity contribution in [1.82, 2.24) is 4.98 Å². The molecule has 0 saturated heterocycles. The van der Waals surface area contributed by atoms with Crippen LogP contribution in [0.4, 0.5) is 18.9 Å². The van der Waals surface area contributed by atoms with E-state index >= 15 is 0 Å². The van der Waals surface area contributed by atoms with Gasteiger partial charge in [0.1, 0.15) is 11.6 Å². The van der Waals surface area contributed by atoms with Crippen molar-refractivity contribution < 1.29 is 18.3 Å². The molecule has 0 spiro atoms. The van der Waals surface area contributed by atoms with Gasteiger partial charge in [-0.2, -0.15) is 17.0 Å². The van der Waals surface area contributed by atoms with Gasteiger partial charge in [0.25, 0.3) is 0 Å². The maximum absolute atomic E-state index is 13.9. The van der Waals surface area contributed by atoms with Gasteiger partial charge in [-0.3, -0.25) is 4.98 Å². The molecule has 0 bridgehead atoms. The summed E-state index contributed by atoms with van der Waals surface area (Å²) in [5.74, 6) is -4.36. The molecule has 1 aromatic carbocycles. The minimum atomic E-state index is -1.61. The molecule has 4 nitrogen and oxygen atoms in total. The zero-order valence-electron chi connectivity index (χ0n) is 12.4. The molecule has 2 rings (SSSR count). The van der Waals surface area contributed by atoms with Gasteiger partial charge >= 0.3 is 0 Å². The topological polar surface area (TPSA) is 68.9 Å². The molecule has 0 saturated carbocycles. The van der Waals surface area contributed by atoms with Crippen LogP contribution < -0.4 is 5.32 Å². The van der Waals surface area contributed by atoms with Gasteiger partial charge in [0, 0.05) is 22.9 Å². The average Bonchev–Trinajstić information content (AvgIpc) is 2.54. The third-order valence-corrected chi connectivity index (χ3v) is 4.69. The van der Waals surface area contributed by atoms with Crippen molar-refractivity contribution in [3.05, 3.63) is 35.3 Å². The summed E-state index contributed by atoms with van der Waals surface area (Å²) in [7, 11) is 0. The first-order valence-electron chi connectivity index (χ1n) is 6.71. The van der Waals surface area contributed by atoms with E-state index in [1.807, 2.05) is 12.3 Å². The van der Waals surface area contributed by atoms with Gasteiger partial charge in [0.05, 0.1) is 17.9 Å². The summed E-state index contributed by atoms with van der Waals surface area (Å²) in [6, 6.07) is 2.40. The predicted molar refractivity (Wildman–Crippen MR) is 83.8 cm³/mol. The van der Waals surface area contributed by atoms with Crippen molar-refractivity contribution in [3.63, 3.8) is 0 Å². The third-order valence-electron chi connectivity index (χ3n) is 3.53. The molecule has 0 radical (unpaired) electrons. The number of thioether (sulfide) groups is 1. The number of benzene rings is 1. The number of rotatable bonds is 5. The van der Waals surface area contributed by atoms with E-state index in [-0.39, 0.29) is 40.1 Å². The highest BCUT2D eigenvalue weighted by Gasteiger charge is 2.22. The van der Waals surface area contributed by atoms with Crippen molar-refractivity contribution in [2.24, 2.45) is 0 Å². The number of hydrogen-bond donors (Lipinski definition) is 2. The molecule has 0 amide bonds. The van der Waals surface area contributed by atoms with Crippen molar-refractivity contribution in [1.29, 1.82) is 5.26 Å². The standard InChI is InChI=1S/C15H14F3N3OS/c1-7(11(6-22)23-2)21-14-8(4-19)5-20-15-9(14)3-10(16)12(17)13(15)18/h3,5,7,11,22H,6H2,1-2H3,(H,20,21)/t7-,11+/m1/s1. The van der Waals surface area contributed by atoms with Crippen molar-refractivity contribution in [2.45, 2.75) is 18.2 Å². The van der Waals surface area contributed by atoms with Gasteiger partial charge in [-0.1, -0.05) is 0 Å². The quantitative estimate of drug-likeness (QED) is 0.818. The molecule has 2 N–H and O–H groups in total. The first-order chi connectivity index (χ1) is 10.9. The number of aromatic nitrogens is 1. The van der Waals surface area contributed by atoms with Crippen LogP contribution in [-0.4, -0.2) is 34.2 Å². The van der Waals surface area contributed by atoms with Gasteiger partial charge in [-0.15, -0.1) is 0 Å². The summed E-state index contributed by atoms with van der Waals surface area (Å²) in [6.45, 7) is 1.65. The Morgan fingerprint density at radius 2 is 2.09 bits per heavy atom. The van der Waals surface area contributed by atoms with Gasteiger partial charge in [-0.05, 0) is 19.2 Å². The van der Waals surface area contributed by atoms with Crippen LogP contribution in [-0.2, 0) is 0 Å². The Morgan fingerprint density at radius 3 is 2.65 bits per heavy atom. The molecule has 0 aliphatic rings. The average molecular weight is 341 g/mol. The lowest BCUT2D eigenvalue weighted by Gasteiger charge is -2.23. The van der Waals surface area contributed by atoms with E-state index in [2.05, 4.69) is 10.3 Å². The molecule has 2 aromatic rings. The molecule has 0 aliphatic carbocycles. The first-order valence-corrected chi connectivity index (χ1v) is 7.99. The molecule has 23 heavy (non-hydrogen) atoms. The zero-order chi connectivity index (χ0) is 17.1. The minimum Gasteiger partial charge on any atom is -0.395 e. The Balaban J connectivity index is 2.63. The van der Waals surface area contributed by atoms with Gasteiger partial charge in [0.2, 0.25) is 0 Å². The number of pyridine rings is 1. The number of aliphatic hydroxyl groups is 1. The first kappa shape index (κ1) is 17.4. The number of halogens is 3. The molecular weight excluding hydrogens is 327 g/mol. The lowest BCUT2D eigenvalue weighted by atomic mass is 10.1. The summed E-state index contributed by atoms with van der Waals surface area (Å²) < 4.78 is 40.8. The number of nitrogens with zero attached hydrogens (tertiary/aromatic N) is 2. The summed E-state index contributed by atoms with van der Waals surface area (Å²) in [6.07, 6.45) is 2.91. The number of aliphatic hydroxyl groups excluding tert-OH is 1. The van der Waals surface area contributed by atoms with E-state index in [1.165, 1.54) is 11.8 Å². The Hall–Kier alpha value is -1.98. The van der Waals surface area contributed by atoms with Crippen molar-refractivity contribution in [3.8, 4) is 6.07 Å². The number of hydrogen-bond acceptors (Lipinski definition) is 5. The number of anilines is 1. The van der Waals surface area contributed by atoms with Gasteiger partial charge in [-0.25, -0.2) is 13.2 Å². The normalized spacial score (nSPS) is 13.6. The fourth-order valence-electron chi connectivity index (χ4n) is 2.24. The highest BCUT2D eigenvalue weighted by atomic mass is 32.2. The van der Waals surface area contributed by atoms with Gasteiger partial charge < -0.3 is 10.4 Å². The Bertz CT molecular complexity index is 775. The van der Waals surface area contributed by atoms with Crippen LogP contribution in [0.25, 0.3) is 10.9 Å². The maximum Gasteiger partial charge on any atom is 0.196 e. The number of fused-ring (bicyclic) bond motifs is 1. The van der Waals surface area contributed by atoms with E-state index in [9.17, 15) is 23.5 Å². The Kier molecular flexibility index (Phi) is 5.34. The van der Waals surface area contributed by atoms with Crippen molar-refractivity contribution >= 4 is 28.4 Å². The largest absolute Gasteiger partial charge is 0.395 e. The molecule has 0 unspecified atom stereocenters. The summed E-state index contributed by atoms with van der Waals surface area (Å²) >= 11 is 1.41. The Labute approximate surface area is 135 Å². The van der Waals surface area contributed by atoms with Crippen LogP contribution in [0.3, 0.4) is 0 Å². The van der Waals surface area contributed by atoms with Crippen LogP contribution in [0.1, 0.15) is 12.5 Å². The number of nitriles is 1. The molecule has 122 valence electrons. The van der Waals surface area contributed by atoms with Crippen LogP contribution in [0.15, 0.2) is 12.3 Å². The Morgan fingerprint density at radius 1 is 1.39 bits per heavy atom. The molecule has 1 heterocycles. The highest BCUT2D eigenvalue weighted by Crippen LogP contribution is 2.31. The summed E-state index contributed by atoms with van der Waals surface area (Å²) in [5, 5.41) is 21.3. The van der Waals surface area contributed by atoms with Gasteiger partial charge in [0.15, 0.2) is 17.5 Å². The molecule has 0 fully saturated rings. The van der Waals surface area contributed by atoms with E-state index in [0.717, 1.165) is 12.3 Å². The van der Waals surface area contributed by atoms with E-state index in [4.69, 9.17) is 0 Å². The maximum atomic E-state index is 13.9. The van der Waals surface area contributed by atoms with Crippen LogP contribution in [0.2, 0.25) is 0 Å². The fraction of sp³-hybridized carbons (Fsp3) is 0.333. The minimum absolute atomic E-state index is 0.0231. The summed E-state index contributed by atoms with van der Waals surface area (Å²) in [5.41, 5.74) is -0.120. The SMILES string of the molecule is CS[C@@H](CO)[C@@H](C)Nc1c(C#N)cnc2c(F)c(F)c(F)cc12. The molecule has 0 aliphatic heterocycles. The fourth-order valence-corrected chi connectivity index (χ4v) is 2.86. The monoisotopic (exact) mass is 341 g/mol. The van der Waals surface area contributed by atoms with E-state index < -0.39 is 17.5 Å². The molecular formula is C15H14F3N3OS. The summed E-state index contributed by atoms with van der Waals surface area (Å²) in [4.78, 5) is 3.71. The molecule has 1 aromatic heterocycles. The van der Waals surface area contributed by atoms with E-state index in [0.29, 0.717) is 0 Å². The number of nitrogens with one attached hydrogen (secondary N) is 1. The lowest BCUT2D eigenvalue weighted by Crippen LogP contribution is -2.31. The second-order valence-corrected chi connectivity index (χ2v) is 6.01. The van der Waals surface area contributed by atoms with E-state index in [1.54, 1.807) is 6.92 Å². The lowest BCUT2D eigenvalue weighted by molar-refractivity contribution is 0.288. The highest BCUT2D eigenvalue weighted by molar-refractivity contribution is 7.99. The van der Waals surface area contributed by atoms with Crippen LogP contribution >= 0.6 is 11.8 Å². The molecule has 8 heteroatoms. The van der Waals surface area contributed by atoms with Crippen molar-refractivity contribution in [2.75, 3.05) is 18.2 Å².